The van der Waals surface area contributed by atoms with Crippen LogP contribution in [-0.4, -0.2) is 41.1 Å². The second-order valence-corrected chi connectivity index (χ2v) is 8.56. The number of nitrogens with one attached hydrogen (secondary N) is 1. The van der Waals surface area contributed by atoms with Crippen LogP contribution in [0.4, 0.5) is 45.1 Å². The highest BCUT2D eigenvalue weighted by atomic mass is 35.5. The van der Waals surface area contributed by atoms with Crippen molar-refractivity contribution in [2.75, 3.05) is 41.3 Å². The lowest BCUT2D eigenvalue weighted by atomic mass is 10.1. The van der Waals surface area contributed by atoms with E-state index < -0.39 is 35.1 Å². The Balaban J connectivity index is 1.41. The number of para-hydroxylation sites is 1. The van der Waals surface area contributed by atoms with E-state index in [4.69, 9.17) is 11.6 Å². The van der Waals surface area contributed by atoms with E-state index in [0.29, 0.717) is 31.2 Å². The van der Waals surface area contributed by atoms with E-state index in [9.17, 15) is 22.0 Å². The Labute approximate surface area is 207 Å². The number of anilines is 4. The third kappa shape index (κ3) is 4.83. The molecule has 2 aromatic carbocycles. The minimum Gasteiger partial charge on any atom is -0.367 e. The minimum absolute atomic E-state index is 0.00240. The van der Waals surface area contributed by atoms with Gasteiger partial charge < -0.3 is 15.1 Å². The lowest BCUT2D eigenvalue weighted by Crippen LogP contribution is -2.47. The zero-order valence-corrected chi connectivity index (χ0v) is 19.3. The van der Waals surface area contributed by atoms with Crippen molar-refractivity contribution in [3.05, 3.63) is 77.1 Å². The van der Waals surface area contributed by atoms with E-state index in [2.05, 4.69) is 25.2 Å². The summed E-state index contributed by atoms with van der Waals surface area (Å²) in [5, 5.41) is 3.75. The third-order valence-electron chi connectivity index (χ3n) is 5.83. The van der Waals surface area contributed by atoms with Gasteiger partial charge in [-0.1, -0.05) is 17.7 Å². The molecule has 0 spiro atoms. The van der Waals surface area contributed by atoms with Gasteiger partial charge in [0.25, 0.3) is 0 Å². The normalized spacial score (nSPS) is 14.4. The number of alkyl halides is 3. The molecule has 5 rings (SSSR count). The number of nitrogens with zero attached hydrogens (tertiary/aromatic N) is 5. The van der Waals surface area contributed by atoms with E-state index in [1.165, 1.54) is 0 Å². The number of halogens is 6. The molecule has 0 radical (unpaired) electrons. The fourth-order valence-corrected chi connectivity index (χ4v) is 4.25. The molecule has 0 amide bonds. The molecule has 1 saturated heterocycles. The molecule has 0 saturated carbocycles. The molecule has 1 N–H and O–H groups in total. The molecule has 1 fully saturated rings. The van der Waals surface area contributed by atoms with Crippen molar-refractivity contribution in [2.45, 2.75) is 6.18 Å². The zero-order chi connectivity index (χ0) is 25.4. The average Bonchev–Trinajstić information content (AvgIpc) is 2.85. The number of piperazine rings is 1. The molecule has 1 aliphatic rings. The Morgan fingerprint density at radius 3 is 2.25 bits per heavy atom. The van der Waals surface area contributed by atoms with Gasteiger partial charge in [-0.3, -0.25) is 4.98 Å². The van der Waals surface area contributed by atoms with Crippen LogP contribution in [-0.2, 0) is 6.18 Å². The summed E-state index contributed by atoms with van der Waals surface area (Å²) in [6, 6.07) is 11.2. The predicted molar refractivity (Wildman–Crippen MR) is 128 cm³/mol. The number of fused-ring (bicyclic) bond motifs is 1. The van der Waals surface area contributed by atoms with Gasteiger partial charge in [-0.05, 0) is 36.4 Å². The maximum absolute atomic E-state index is 14.1. The maximum Gasteiger partial charge on any atom is 0.433 e. The van der Waals surface area contributed by atoms with Crippen LogP contribution in [0.3, 0.4) is 0 Å². The van der Waals surface area contributed by atoms with Crippen LogP contribution in [0.15, 0.2) is 54.7 Å². The lowest BCUT2D eigenvalue weighted by molar-refractivity contribution is -0.141. The Kier molecular flexibility index (Phi) is 6.25. The van der Waals surface area contributed by atoms with Crippen molar-refractivity contribution >= 4 is 45.6 Å². The summed E-state index contributed by atoms with van der Waals surface area (Å²) in [6.07, 6.45) is -3.10. The molecule has 4 aromatic rings. The highest BCUT2D eigenvalue weighted by molar-refractivity contribution is 6.31. The molecule has 0 bridgehead atoms. The van der Waals surface area contributed by atoms with Gasteiger partial charge in [-0.15, -0.1) is 0 Å². The van der Waals surface area contributed by atoms with Gasteiger partial charge in [0.15, 0.2) is 5.69 Å². The predicted octanol–water partition coefficient (Wildman–Crippen LogP) is 6.05. The smallest absolute Gasteiger partial charge is 0.367 e. The van der Waals surface area contributed by atoms with Crippen LogP contribution in [0.5, 0.6) is 0 Å². The van der Waals surface area contributed by atoms with E-state index in [-0.39, 0.29) is 5.82 Å². The quantitative estimate of drug-likeness (QED) is 0.331. The third-order valence-corrected chi connectivity index (χ3v) is 6.06. The van der Waals surface area contributed by atoms with Crippen LogP contribution < -0.4 is 15.1 Å². The van der Waals surface area contributed by atoms with Gasteiger partial charge in [0.2, 0.25) is 5.95 Å². The Morgan fingerprint density at radius 2 is 1.56 bits per heavy atom. The first-order chi connectivity index (χ1) is 17.2. The van der Waals surface area contributed by atoms with Crippen molar-refractivity contribution < 1.29 is 22.0 Å². The van der Waals surface area contributed by atoms with E-state index in [0.717, 1.165) is 40.9 Å². The molecule has 36 heavy (non-hydrogen) atoms. The Hall–Kier alpha value is -3.73. The molecule has 186 valence electrons. The monoisotopic (exact) mass is 520 g/mol. The second kappa shape index (κ2) is 9.38. The zero-order valence-electron chi connectivity index (χ0n) is 18.5. The minimum atomic E-state index is -4.78. The maximum atomic E-state index is 14.1. The lowest BCUT2D eigenvalue weighted by Gasteiger charge is -2.37. The molecular weight excluding hydrogens is 503 g/mol. The molecule has 1 aliphatic heterocycles. The number of rotatable bonds is 4. The van der Waals surface area contributed by atoms with Gasteiger partial charge in [0.1, 0.15) is 23.1 Å². The molecular formula is C24H18ClF5N6. The first-order valence-corrected chi connectivity index (χ1v) is 11.3. The first-order valence-electron chi connectivity index (χ1n) is 10.9. The highest BCUT2D eigenvalue weighted by Crippen LogP contribution is 2.33. The summed E-state index contributed by atoms with van der Waals surface area (Å²) in [7, 11) is 0. The van der Waals surface area contributed by atoms with Crippen molar-refractivity contribution in [1.82, 2.24) is 15.0 Å². The van der Waals surface area contributed by atoms with Crippen LogP contribution in [0.2, 0.25) is 5.02 Å². The van der Waals surface area contributed by atoms with Crippen molar-refractivity contribution in [1.29, 1.82) is 0 Å². The number of hydrogen-bond acceptors (Lipinski definition) is 6. The molecule has 0 unspecified atom stereocenters. The van der Waals surface area contributed by atoms with E-state index in [1.54, 1.807) is 23.2 Å². The molecule has 6 nitrogen and oxygen atoms in total. The molecule has 3 heterocycles. The van der Waals surface area contributed by atoms with Gasteiger partial charge in [0.05, 0.1) is 5.52 Å². The van der Waals surface area contributed by atoms with Gasteiger partial charge in [-0.25, -0.2) is 13.8 Å². The first kappa shape index (κ1) is 24.0. The van der Waals surface area contributed by atoms with Gasteiger partial charge >= 0.3 is 6.18 Å². The highest BCUT2D eigenvalue weighted by Gasteiger charge is 2.35. The molecule has 12 heteroatoms. The van der Waals surface area contributed by atoms with E-state index in [1.807, 2.05) is 12.1 Å². The summed E-state index contributed by atoms with van der Waals surface area (Å²) in [6.45, 7) is 1.72. The Morgan fingerprint density at radius 1 is 0.861 bits per heavy atom. The SMILES string of the molecule is Fc1cccc(F)c1Nc1nc(N2CCN(c3ccnc4cc(Cl)ccc34)CC2)cc(C(F)(F)F)n1. The fourth-order valence-electron chi connectivity index (χ4n) is 4.08. The van der Waals surface area contributed by atoms with Crippen LogP contribution in [0, 0.1) is 11.6 Å². The number of hydrogen-bond donors (Lipinski definition) is 1. The molecule has 0 aliphatic carbocycles. The number of aromatic nitrogens is 3. The summed E-state index contributed by atoms with van der Waals surface area (Å²) in [5.74, 6) is -2.50. The van der Waals surface area contributed by atoms with Gasteiger partial charge in [-0.2, -0.15) is 18.2 Å². The fraction of sp³-hybridized carbons (Fsp3) is 0.208. The van der Waals surface area contributed by atoms with Crippen molar-refractivity contribution in [2.24, 2.45) is 0 Å². The van der Waals surface area contributed by atoms with Crippen LogP contribution >= 0.6 is 11.6 Å². The Bertz CT molecular complexity index is 1400. The number of pyridine rings is 1. The number of benzene rings is 2. The largest absolute Gasteiger partial charge is 0.433 e. The van der Waals surface area contributed by atoms with Gasteiger partial charge in [0, 0.05) is 54.5 Å². The summed E-state index contributed by atoms with van der Waals surface area (Å²) >= 11 is 6.07. The van der Waals surface area contributed by atoms with Crippen LogP contribution in [0.25, 0.3) is 10.9 Å². The second-order valence-electron chi connectivity index (χ2n) is 8.12. The van der Waals surface area contributed by atoms with Crippen LogP contribution in [0.1, 0.15) is 5.69 Å². The summed E-state index contributed by atoms with van der Waals surface area (Å²) < 4.78 is 68.8. The topological polar surface area (TPSA) is 57.2 Å². The molecule has 0 atom stereocenters. The molecule has 2 aromatic heterocycles. The standard InChI is InChI=1S/C24H18ClF5N6/c25-14-4-5-15-18(12-14)31-7-6-19(15)35-8-10-36(11-9-35)21-13-20(24(28,29)30)32-23(33-21)34-22-16(26)2-1-3-17(22)27/h1-7,12-13H,8-11H2,(H,32,33,34). The summed E-state index contributed by atoms with van der Waals surface area (Å²) in [4.78, 5) is 15.7. The van der Waals surface area contributed by atoms with Crippen molar-refractivity contribution in [3.8, 4) is 0 Å². The average molecular weight is 521 g/mol. The van der Waals surface area contributed by atoms with Crippen molar-refractivity contribution in [3.63, 3.8) is 0 Å². The van der Waals surface area contributed by atoms with E-state index >= 15 is 0 Å². The summed E-state index contributed by atoms with van der Waals surface area (Å²) in [5.41, 5.74) is -0.167.